The molecule has 0 aromatic carbocycles. The van der Waals surface area contributed by atoms with Crippen molar-refractivity contribution in [3.8, 4) is 0 Å². The molecule has 4 heteroatoms. The number of thiophene rings is 1. The maximum atomic E-state index is 11.0. The Morgan fingerprint density at radius 2 is 2.21 bits per heavy atom. The smallest absolute Gasteiger partial charge is 0.323 e. The molecule has 1 aromatic rings. The second-order valence-electron chi connectivity index (χ2n) is 3.06. The average Bonchev–Trinajstić information content (AvgIpc) is 2.64. The number of carbonyl (C=O) groups excluding carboxylic acids is 1. The molecular formula is C10H15NO2S. The predicted molar refractivity (Wildman–Crippen MR) is 57.4 cm³/mol. The van der Waals surface area contributed by atoms with Crippen LogP contribution in [0.25, 0.3) is 0 Å². The molecule has 3 nitrogen and oxygen atoms in total. The Hall–Kier alpha value is -0.870. The first kappa shape index (κ1) is 11.2. The summed E-state index contributed by atoms with van der Waals surface area (Å²) >= 11 is 1.70. The Bertz CT molecular complexity index is 309. The van der Waals surface area contributed by atoms with Crippen molar-refractivity contribution in [2.75, 3.05) is 7.11 Å². The van der Waals surface area contributed by atoms with E-state index in [2.05, 4.69) is 17.7 Å². The first-order valence-corrected chi connectivity index (χ1v) is 5.40. The third kappa shape index (κ3) is 2.82. The van der Waals surface area contributed by atoms with Crippen molar-refractivity contribution in [2.45, 2.75) is 25.8 Å². The van der Waals surface area contributed by atoms with Gasteiger partial charge in [-0.3, -0.25) is 4.79 Å². The molecule has 1 unspecified atom stereocenters. The highest BCUT2D eigenvalue weighted by molar-refractivity contribution is 7.12. The fourth-order valence-corrected chi connectivity index (χ4v) is 2.19. The van der Waals surface area contributed by atoms with E-state index in [4.69, 9.17) is 5.73 Å². The topological polar surface area (TPSA) is 52.3 Å². The van der Waals surface area contributed by atoms with Gasteiger partial charge in [-0.1, -0.05) is 6.92 Å². The number of methoxy groups -OCH3 is 1. The van der Waals surface area contributed by atoms with Crippen molar-refractivity contribution in [3.63, 3.8) is 0 Å². The lowest BCUT2D eigenvalue weighted by Gasteiger charge is -2.06. The van der Waals surface area contributed by atoms with Crippen LogP contribution in [0, 0.1) is 0 Å². The minimum absolute atomic E-state index is 0.351. The number of hydrogen-bond acceptors (Lipinski definition) is 4. The lowest BCUT2D eigenvalue weighted by molar-refractivity contribution is -0.142. The number of hydrogen-bond donors (Lipinski definition) is 1. The zero-order valence-corrected chi connectivity index (χ0v) is 9.26. The van der Waals surface area contributed by atoms with E-state index >= 15 is 0 Å². The SMILES string of the molecule is CCc1ccc(CC(N)C(=O)OC)s1. The molecule has 0 aliphatic rings. The lowest BCUT2D eigenvalue weighted by Crippen LogP contribution is -2.33. The highest BCUT2D eigenvalue weighted by Crippen LogP contribution is 2.18. The van der Waals surface area contributed by atoms with Crippen LogP contribution in [-0.4, -0.2) is 19.1 Å². The number of nitrogens with two attached hydrogens (primary N) is 1. The Labute approximate surface area is 87.9 Å². The molecule has 0 aliphatic heterocycles. The fourth-order valence-electron chi connectivity index (χ4n) is 1.17. The first-order valence-electron chi connectivity index (χ1n) is 4.58. The zero-order valence-electron chi connectivity index (χ0n) is 8.45. The molecule has 1 heterocycles. The van der Waals surface area contributed by atoms with Crippen molar-refractivity contribution in [1.29, 1.82) is 0 Å². The van der Waals surface area contributed by atoms with E-state index in [9.17, 15) is 4.79 Å². The Kier molecular flexibility index (Phi) is 4.10. The van der Waals surface area contributed by atoms with Gasteiger partial charge in [-0.15, -0.1) is 11.3 Å². The molecule has 1 rings (SSSR count). The van der Waals surface area contributed by atoms with Crippen LogP contribution in [0.4, 0.5) is 0 Å². The molecule has 14 heavy (non-hydrogen) atoms. The maximum absolute atomic E-state index is 11.0. The molecular weight excluding hydrogens is 198 g/mol. The summed E-state index contributed by atoms with van der Waals surface area (Å²) in [4.78, 5) is 13.5. The van der Waals surface area contributed by atoms with Gasteiger partial charge < -0.3 is 10.5 Å². The standard InChI is InChI=1S/C10H15NO2S/c1-3-7-4-5-8(14-7)6-9(11)10(12)13-2/h4-5,9H,3,6,11H2,1-2H3. The number of carbonyl (C=O) groups is 1. The number of esters is 1. The van der Waals surface area contributed by atoms with Gasteiger partial charge in [-0.2, -0.15) is 0 Å². The van der Waals surface area contributed by atoms with E-state index in [1.807, 2.05) is 6.07 Å². The summed E-state index contributed by atoms with van der Waals surface area (Å²) in [7, 11) is 1.36. The molecule has 0 bridgehead atoms. The highest BCUT2D eigenvalue weighted by atomic mass is 32.1. The van der Waals surface area contributed by atoms with Gasteiger partial charge in [0.25, 0.3) is 0 Å². The number of rotatable bonds is 4. The van der Waals surface area contributed by atoms with E-state index < -0.39 is 6.04 Å². The van der Waals surface area contributed by atoms with Gasteiger partial charge in [0.15, 0.2) is 0 Å². The molecule has 0 fully saturated rings. The van der Waals surface area contributed by atoms with E-state index in [0.717, 1.165) is 11.3 Å². The van der Waals surface area contributed by atoms with E-state index in [1.165, 1.54) is 12.0 Å². The van der Waals surface area contributed by atoms with Crippen molar-refractivity contribution in [3.05, 3.63) is 21.9 Å². The van der Waals surface area contributed by atoms with Crippen LogP contribution in [0.5, 0.6) is 0 Å². The minimum atomic E-state index is -0.539. The van der Waals surface area contributed by atoms with E-state index in [1.54, 1.807) is 11.3 Å². The molecule has 1 atom stereocenters. The molecule has 78 valence electrons. The second-order valence-corrected chi connectivity index (χ2v) is 4.31. The Balaban J connectivity index is 2.55. The van der Waals surface area contributed by atoms with Crippen LogP contribution in [0.2, 0.25) is 0 Å². The van der Waals surface area contributed by atoms with Crippen LogP contribution in [-0.2, 0) is 22.4 Å². The van der Waals surface area contributed by atoms with Gasteiger partial charge in [0.1, 0.15) is 6.04 Å². The predicted octanol–water partition coefficient (Wildman–Crippen LogP) is 1.35. The summed E-state index contributed by atoms with van der Waals surface area (Å²) in [5.41, 5.74) is 5.64. The Morgan fingerprint density at radius 1 is 1.57 bits per heavy atom. The van der Waals surface area contributed by atoms with E-state index in [-0.39, 0.29) is 5.97 Å². The molecule has 0 amide bonds. The summed E-state index contributed by atoms with van der Waals surface area (Å²) < 4.78 is 4.56. The normalized spacial score (nSPS) is 12.5. The molecule has 1 aromatic heterocycles. The summed E-state index contributed by atoms with van der Waals surface area (Å²) in [6.07, 6.45) is 1.59. The lowest BCUT2D eigenvalue weighted by atomic mass is 10.2. The third-order valence-electron chi connectivity index (χ3n) is 1.99. The van der Waals surface area contributed by atoms with Crippen LogP contribution in [0.1, 0.15) is 16.7 Å². The summed E-state index contributed by atoms with van der Waals surface area (Å²) in [6, 6.07) is 3.55. The van der Waals surface area contributed by atoms with Crippen molar-refractivity contribution < 1.29 is 9.53 Å². The average molecular weight is 213 g/mol. The largest absolute Gasteiger partial charge is 0.468 e. The molecule has 0 aliphatic carbocycles. The summed E-state index contributed by atoms with van der Waals surface area (Å²) in [5.74, 6) is -0.351. The molecule has 0 saturated heterocycles. The molecule has 0 radical (unpaired) electrons. The van der Waals surface area contributed by atoms with Gasteiger partial charge in [-0.05, 0) is 18.6 Å². The zero-order chi connectivity index (χ0) is 10.6. The second kappa shape index (κ2) is 5.12. The van der Waals surface area contributed by atoms with Gasteiger partial charge in [0, 0.05) is 16.2 Å². The van der Waals surface area contributed by atoms with Gasteiger partial charge >= 0.3 is 5.97 Å². The fraction of sp³-hybridized carbons (Fsp3) is 0.500. The van der Waals surface area contributed by atoms with Crippen LogP contribution in [0.15, 0.2) is 12.1 Å². The van der Waals surface area contributed by atoms with Crippen LogP contribution >= 0.6 is 11.3 Å². The monoisotopic (exact) mass is 213 g/mol. The van der Waals surface area contributed by atoms with Crippen molar-refractivity contribution in [2.24, 2.45) is 5.73 Å². The van der Waals surface area contributed by atoms with Gasteiger partial charge in [0.05, 0.1) is 7.11 Å². The van der Waals surface area contributed by atoms with Crippen molar-refractivity contribution >= 4 is 17.3 Å². The quantitative estimate of drug-likeness (QED) is 0.768. The first-order chi connectivity index (χ1) is 6.67. The van der Waals surface area contributed by atoms with Gasteiger partial charge in [-0.25, -0.2) is 0 Å². The van der Waals surface area contributed by atoms with Crippen LogP contribution < -0.4 is 5.73 Å². The number of aryl methyl sites for hydroxylation is 1. The van der Waals surface area contributed by atoms with Gasteiger partial charge in [0.2, 0.25) is 0 Å². The summed E-state index contributed by atoms with van der Waals surface area (Å²) in [6.45, 7) is 2.11. The maximum Gasteiger partial charge on any atom is 0.323 e. The van der Waals surface area contributed by atoms with Crippen LogP contribution in [0.3, 0.4) is 0 Å². The summed E-state index contributed by atoms with van der Waals surface area (Å²) in [5, 5.41) is 0. The molecule has 2 N–H and O–H groups in total. The molecule has 0 spiro atoms. The van der Waals surface area contributed by atoms with Crippen molar-refractivity contribution in [1.82, 2.24) is 0 Å². The minimum Gasteiger partial charge on any atom is -0.468 e. The molecule has 0 saturated carbocycles. The number of ether oxygens (including phenoxy) is 1. The third-order valence-corrected chi connectivity index (χ3v) is 3.24. The highest BCUT2D eigenvalue weighted by Gasteiger charge is 2.14. The van der Waals surface area contributed by atoms with E-state index in [0.29, 0.717) is 6.42 Å². The Morgan fingerprint density at radius 3 is 2.71 bits per heavy atom.